The lowest BCUT2D eigenvalue weighted by molar-refractivity contribution is 0.0349. The standard InChI is InChI=1S/C18H29N3O2/c1-3-18(23,4-2)14-20-17(22)19-12-15-10-11-21(13-15)16-8-6-5-7-9-16/h5-9,15,23H,3-4,10-14H2,1-2H3,(H2,19,20,22). The number of anilines is 1. The molecule has 0 aliphatic carbocycles. The van der Waals surface area contributed by atoms with Crippen LogP contribution in [0.4, 0.5) is 10.5 Å². The highest BCUT2D eigenvalue weighted by atomic mass is 16.3. The van der Waals surface area contributed by atoms with Crippen LogP contribution in [0.2, 0.25) is 0 Å². The van der Waals surface area contributed by atoms with Gasteiger partial charge in [-0.15, -0.1) is 0 Å². The molecule has 0 radical (unpaired) electrons. The van der Waals surface area contributed by atoms with Gasteiger partial charge in [-0.2, -0.15) is 0 Å². The zero-order chi connectivity index (χ0) is 16.7. The van der Waals surface area contributed by atoms with Crippen LogP contribution < -0.4 is 15.5 Å². The van der Waals surface area contributed by atoms with E-state index in [-0.39, 0.29) is 6.03 Å². The summed E-state index contributed by atoms with van der Waals surface area (Å²) in [5, 5.41) is 15.9. The Morgan fingerprint density at radius 3 is 2.61 bits per heavy atom. The minimum atomic E-state index is -0.797. The summed E-state index contributed by atoms with van der Waals surface area (Å²) in [5.74, 6) is 0.470. The van der Waals surface area contributed by atoms with Gasteiger partial charge >= 0.3 is 6.03 Å². The molecule has 1 unspecified atom stereocenters. The van der Waals surface area contributed by atoms with Gasteiger partial charge in [0.1, 0.15) is 0 Å². The Morgan fingerprint density at radius 1 is 1.26 bits per heavy atom. The second-order valence-corrected chi connectivity index (χ2v) is 6.43. The molecule has 1 saturated heterocycles. The van der Waals surface area contributed by atoms with Gasteiger partial charge < -0.3 is 20.6 Å². The van der Waals surface area contributed by atoms with E-state index in [2.05, 4.69) is 39.8 Å². The van der Waals surface area contributed by atoms with Crippen molar-refractivity contribution >= 4 is 11.7 Å². The SMILES string of the molecule is CCC(O)(CC)CNC(=O)NCC1CCN(c2ccccc2)C1. The van der Waals surface area contributed by atoms with E-state index in [4.69, 9.17) is 0 Å². The van der Waals surface area contributed by atoms with Gasteiger partial charge in [0.15, 0.2) is 0 Å². The molecular weight excluding hydrogens is 290 g/mol. The van der Waals surface area contributed by atoms with E-state index < -0.39 is 5.60 Å². The van der Waals surface area contributed by atoms with Gasteiger partial charge in [-0.3, -0.25) is 0 Å². The lowest BCUT2D eigenvalue weighted by Crippen LogP contribution is -2.46. The molecule has 0 spiro atoms. The Hall–Kier alpha value is -1.75. The maximum Gasteiger partial charge on any atom is 0.314 e. The third-order valence-corrected chi connectivity index (χ3v) is 4.85. The summed E-state index contributed by atoms with van der Waals surface area (Å²) < 4.78 is 0. The summed E-state index contributed by atoms with van der Waals surface area (Å²) in [6.07, 6.45) is 2.36. The molecule has 5 heteroatoms. The molecule has 1 aromatic carbocycles. The van der Waals surface area contributed by atoms with E-state index in [1.54, 1.807) is 0 Å². The number of benzene rings is 1. The van der Waals surface area contributed by atoms with Crippen molar-refractivity contribution in [3.63, 3.8) is 0 Å². The van der Waals surface area contributed by atoms with Crippen LogP contribution in [0.25, 0.3) is 0 Å². The van der Waals surface area contributed by atoms with Gasteiger partial charge in [0.2, 0.25) is 0 Å². The second-order valence-electron chi connectivity index (χ2n) is 6.43. The van der Waals surface area contributed by atoms with Crippen LogP contribution in [0.3, 0.4) is 0 Å². The second kappa shape index (κ2) is 8.20. The largest absolute Gasteiger partial charge is 0.388 e. The zero-order valence-electron chi connectivity index (χ0n) is 14.2. The summed E-state index contributed by atoms with van der Waals surface area (Å²) in [6.45, 7) is 6.83. The van der Waals surface area contributed by atoms with Crippen molar-refractivity contribution in [1.29, 1.82) is 0 Å². The monoisotopic (exact) mass is 319 g/mol. The van der Waals surface area contributed by atoms with Crippen molar-refractivity contribution in [3.8, 4) is 0 Å². The average Bonchev–Trinajstić information content (AvgIpc) is 3.07. The topological polar surface area (TPSA) is 64.6 Å². The fourth-order valence-electron chi connectivity index (χ4n) is 2.92. The molecule has 128 valence electrons. The highest BCUT2D eigenvalue weighted by molar-refractivity contribution is 5.73. The van der Waals surface area contributed by atoms with Crippen LogP contribution in [-0.4, -0.2) is 42.9 Å². The number of aliphatic hydroxyl groups is 1. The summed E-state index contributed by atoms with van der Waals surface area (Å²) in [6, 6.07) is 10.2. The molecular formula is C18H29N3O2. The van der Waals surface area contributed by atoms with Crippen molar-refractivity contribution in [1.82, 2.24) is 10.6 Å². The molecule has 1 aliphatic rings. The highest BCUT2D eigenvalue weighted by Gasteiger charge is 2.24. The Labute approximate surface area is 139 Å². The molecule has 3 N–H and O–H groups in total. The van der Waals surface area contributed by atoms with Crippen molar-refractivity contribution in [2.24, 2.45) is 5.92 Å². The molecule has 5 nitrogen and oxygen atoms in total. The summed E-state index contributed by atoms with van der Waals surface area (Å²) in [5.41, 5.74) is 0.449. The van der Waals surface area contributed by atoms with Crippen molar-refractivity contribution < 1.29 is 9.90 Å². The number of nitrogens with zero attached hydrogens (tertiary/aromatic N) is 1. The fourth-order valence-corrected chi connectivity index (χ4v) is 2.92. The van der Waals surface area contributed by atoms with E-state index in [1.165, 1.54) is 5.69 Å². The van der Waals surface area contributed by atoms with Gasteiger partial charge in [-0.1, -0.05) is 32.0 Å². The molecule has 2 rings (SSSR count). The smallest absolute Gasteiger partial charge is 0.314 e. The van der Waals surface area contributed by atoms with Gasteiger partial charge in [0, 0.05) is 31.9 Å². The number of hydrogen-bond acceptors (Lipinski definition) is 3. The minimum Gasteiger partial charge on any atom is -0.388 e. The maximum atomic E-state index is 11.9. The molecule has 1 heterocycles. The van der Waals surface area contributed by atoms with Crippen LogP contribution in [-0.2, 0) is 0 Å². The Kier molecular flexibility index (Phi) is 6.28. The minimum absolute atomic E-state index is 0.191. The van der Waals surface area contributed by atoms with Crippen LogP contribution in [0.1, 0.15) is 33.1 Å². The van der Waals surface area contributed by atoms with E-state index in [0.29, 0.717) is 31.8 Å². The lowest BCUT2D eigenvalue weighted by Gasteiger charge is -2.25. The predicted molar refractivity (Wildman–Crippen MR) is 93.7 cm³/mol. The van der Waals surface area contributed by atoms with Gasteiger partial charge in [0.25, 0.3) is 0 Å². The van der Waals surface area contributed by atoms with E-state index in [1.807, 2.05) is 19.9 Å². The number of hydrogen-bond donors (Lipinski definition) is 3. The number of rotatable bonds is 7. The van der Waals surface area contributed by atoms with Crippen molar-refractivity contribution in [2.45, 2.75) is 38.7 Å². The fraction of sp³-hybridized carbons (Fsp3) is 0.611. The normalized spacial score (nSPS) is 18.0. The molecule has 1 aliphatic heterocycles. The first-order valence-electron chi connectivity index (χ1n) is 8.60. The first-order chi connectivity index (χ1) is 11.1. The first kappa shape index (κ1) is 17.6. The third-order valence-electron chi connectivity index (χ3n) is 4.85. The van der Waals surface area contributed by atoms with Gasteiger partial charge in [-0.25, -0.2) is 4.79 Å². The van der Waals surface area contributed by atoms with E-state index >= 15 is 0 Å². The number of nitrogens with one attached hydrogen (secondary N) is 2. The molecule has 1 atom stereocenters. The molecule has 0 aromatic heterocycles. The van der Waals surface area contributed by atoms with Gasteiger partial charge in [0.05, 0.1) is 5.60 Å². The number of carbonyl (C=O) groups is 1. The number of amides is 2. The predicted octanol–water partition coefficient (Wildman–Crippen LogP) is 2.36. The van der Waals surface area contributed by atoms with Crippen LogP contribution in [0.5, 0.6) is 0 Å². The Bertz CT molecular complexity index is 488. The lowest BCUT2D eigenvalue weighted by atomic mass is 9.98. The van der Waals surface area contributed by atoms with Crippen LogP contribution in [0, 0.1) is 5.92 Å². The maximum absolute atomic E-state index is 11.9. The van der Waals surface area contributed by atoms with E-state index in [9.17, 15) is 9.90 Å². The Balaban J connectivity index is 1.70. The molecule has 1 fully saturated rings. The summed E-state index contributed by atoms with van der Waals surface area (Å²) in [4.78, 5) is 14.2. The Morgan fingerprint density at radius 2 is 1.96 bits per heavy atom. The quantitative estimate of drug-likeness (QED) is 0.723. The van der Waals surface area contributed by atoms with Crippen LogP contribution >= 0.6 is 0 Å². The molecule has 23 heavy (non-hydrogen) atoms. The number of para-hydroxylation sites is 1. The molecule has 0 bridgehead atoms. The van der Waals surface area contributed by atoms with Crippen LogP contribution in [0.15, 0.2) is 30.3 Å². The zero-order valence-corrected chi connectivity index (χ0v) is 14.2. The number of carbonyl (C=O) groups excluding carboxylic acids is 1. The van der Waals surface area contributed by atoms with Crippen molar-refractivity contribution in [3.05, 3.63) is 30.3 Å². The third kappa shape index (κ3) is 5.13. The molecule has 1 aromatic rings. The van der Waals surface area contributed by atoms with Gasteiger partial charge in [-0.05, 0) is 37.3 Å². The summed E-state index contributed by atoms with van der Waals surface area (Å²) >= 11 is 0. The highest BCUT2D eigenvalue weighted by Crippen LogP contribution is 2.22. The van der Waals surface area contributed by atoms with Crippen molar-refractivity contribution in [2.75, 3.05) is 31.1 Å². The first-order valence-corrected chi connectivity index (χ1v) is 8.60. The molecule has 2 amide bonds. The summed E-state index contributed by atoms with van der Waals surface area (Å²) in [7, 11) is 0. The number of urea groups is 1. The van der Waals surface area contributed by atoms with E-state index in [0.717, 1.165) is 19.5 Å². The molecule has 0 saturated carbocycles. The average molecular weight is 319 g/mol.